The van der Waals surface area contributed by atoms with E-state index < -0.39 is 0 Å². The van der Waals surface area contributed by atoms with E-state index in [1.54, 1.807) is 6.20 Å². The first kappa shape index (κ1) is 11.7. The van der Waals surface area contributed by atoms with Crippen LogP contribution in [0.3, 0.4) is 0 Å². The number of nitrogens with one attached hydrogen (secondary N) is 1. The Morgan fingerprint density at radius 1 is 1.00 bits per heavy atom. The van der Waals surface area contributed by atoms with Crippen molar-refractivity contribution in [3.8, 4) is 0 Å². The molecule has 0 aliphatic heterocycles. The predicted molar refractivity (Wildman–Crippen MR) is 68.5 cm³/mol. The summed E-state index contributed by atoms with van der Waals surface area (Å²) in [5.41, 5.74) is 3.62. The van der Waals surface area contributed by atoms with E-state index in [-0.39, 0.29) is 0 Å². The molecule has 3 heteroatoms. The topological polar surface area (TPSA) is 37.8 Å². The lowest BCUT2D eigenvalue weighted by molar-refractivity contribution is 0.675. The van der Waals surface area contributed by atoms with Gasteiger partial charge in [-0.15, -0.1) is 0 Å². The number of hydrogen-bond donors (Lipinski definition) is 1. The summed E-state index contributed by atoms with van der Waals surface area (Å²) in [4.78, 5) is 8.42. The van der Waals surface area contributed by atoms with Gasteiger partial charge in [0.1, 0.15) is 5.82 Å². The van der Waals surface area contributed by atoms with Crippen molar-refractivity contribution in [3.63, 3.8) is 0 Å². The van der Waals surface area contributed by atoms with E-state index in [0.29, 0.717) is 0 Å². The van der Waals surface area contributed by atoms with Gasteiger partial charge in [0.25, 0.3) is 0 Å². The molecule has 0 unspecified atom stereocenters. The smallest absolute Gasteiger partial charge is 0.125 e. The molecule has 1 heterocycles. The molecule has 0 spiro atoms. The van der Waals surface area contributed by atoms with Crippen LogP contribution in [0, 0.1) is 13.8 Å². The number of rotatable bonds is 4. The number of aromatic nitrogens is 2. The zero-order valence-corrected chi connectivity index (χ0v) is 10.3. The third kappa shape index (κ3) is 3.64. The average molecular weight is 227 g/mol. The van der Waals surface area contributed by atoms with Gasteiger partial charge in [0.15, 0.2) is 0 Å². The Balaban J connectivity index is 1.85. The van der Waals surface area contributed by atoms with E-state index >= 15 is 0 Å². The van der Waals surface area contributed by atoms with Gasteiger partial charge in [0, 0.05) is 19.3 Å². The molecule has 0 aliphatic carbocycles. The molecule has 0 radical (unpaired) electrons. The molecule has 0 atom stereocenters. The quantitative estimate of drug-likeness (QED) is 0.871. The van der Waals surface area contributed by atoms with Crippen molar-refractivity contribution in [2.45, 2.75) is 26.9 Å². The molecule has 17 heavy (non-hydrogen) atoms. The van der Waals surface area contributed by atoms with Crippen molar-refractivity contribution in [2.24, 2.45) is 0 Å². The molecule has 0 saturated heterocycles. The normalized spacial score (nSPS) is 10.5. The summed E-state index contributed by atoms with van der Waals surface area (Å²) in [6.07, 6.45) is 1.80. The van der Waals surface area contributed by atoms with Gasteiger partial charge in [0.05, 0.1) is 5.69 Å². The third-order valence-corrected chi connectivity index (χ3v) is 2.59. The van der Waals surface area contributed by atoms with Crippen LogP contribution < -0.4 is 5.32 Å². The Labute approximate surface area is 102 Å². The Morgan fingerprint density at radius 3 is 2.47 bits per heavy atom. The molecule has 1 aromatic carbocycles. The summed E-state index contributed by atoms with van der Waals surface area (Å²) in [5.74, 6) is 0.819. The predicted octanol–water partition coefficient (Wildman–Crippen LogP) is 2.38. The number of benzene rings is 1. The molecule has 1 N–H and O–H groups in total. The van der Waals surface area contributed by atoms with E-state index in [9.17, 15) is 0 Å². The largest absolute Gasteiger partial charge is 0.307 e. The van der Waals surface area contributed by atoms with Crippen molar-refractivity contribution < 1.29 is 0 Å². The Bertz CT molecular complexity index is 477. The van der Waals surface area contributed by atoms with Crippen LogP contribution in [-0.2, 0) is 13.1 Å². The fourth-order valence-electron chi connectivity index (χ4n) is 1.64. The highest BCUT2D eigenvalue weighted by atomic mass is 14.9. The van der Waals surface area contributed by atoms with Gasteiger partial charge in [-0.3, -0.25) is 0 Å². The van der Waals surface area contributed by atoms with E-state index in [4.69, 9.17) is 0 Å². The van der Waals surface area contributed by atoms with Crippen LogP contribution in [0.2, 0.25) is 0 Å². The van der Waals surface area contributed by atoms with E-state index in [0.717, 1.165) is 24.6 Å². The minimum atomic E-state index is 0.775. The molecule has 2 rings (SSSR count). The summed E-state index contributed by atoms with van der Waals surface area (Å²) in [6.45, 7) is 5.64. The number of hydrogen-bond acceptors (Lipinski definition) is 3. The van der Waals surface area contributed by atoms with E-state index in [1.165, 1.54) is 11.1 Å². The highest BCUT2D eigenvalue weighted by Crippen LogP contribution is 2.03. The van der Waals surface area contributed by atoms with Gasteiger partial charge in [-0.25, -0.2) is 9.97 Å². The lowest BCUT2D eigenvalue weighted by Gasteiger charge is -2.05. The molecule has 3 nitrogen and oxygen atoms in total. The second-order valence-electron chi connectivity index (χ2n) is 4.18. The first-order valence-corrected chi connectivity index (χ1v) is 5.79. The summed E-state index contributed by atoms with van der Waals surface area (Å²) < 4.78 is 0. The van der Waals surface area contributed by atoms with E-state index in [1.807, 2.05) is 13.0 Å². The number of nitrogens with zero attached hydrogens (tertiary/aromatic N) is 2. The zero-order chi connectivity index (χ0) is 12.1. The molecule has 0 saturated carbocycles. The molecule has 1 aromatic heterocycles. The average Bonchev–Trinajstić information content (AvgIpc) is 2.32. The summed E-state index contributed by atoms with van der Waals surface area (Å²) in [7, 11) is 0. The van der Waals surface area contributed by atoms with Crippen LogP contribution in [0.5, 0.6) is 0 Å². The zero-order valence-electron chi connectivity index (χ0n) is 10.3. The number of aryl methyl sites for hydroxylation is 2. The van der Waals surface area contributed by atoms with Crippen molar-refractivity contribution in [1.82, 2.24) is 15.3 Å². The van der Waals surface area contributed by atoms with Gasteiger partial charge in [0.2, 0.25) is 0 Å². The van der Waals surface area contributed by atoms with Gasteiger partial charge < -0.3 is 5.32 Å². The monoisotopic (exact) mass is 227 g/mol. The Morgan fingerprint density at radius 2 is 1.76 bits per heavy atom. The molecule has 0 amide bonds. The van der Waals surface area contributed by atoms with Crippen LogP contribution in [-0.4, -0.2) is 9.97 Å². The van der Waals surface area contributed by atoms with E-state index in [2.05, 4.69) is 46.5 Å². The molecule has 0 aliphatic rings. The SMILES string of the molecule is Cc1ccc(CNCc2ccnc(C)n2)cc1. The molecule has 88 valence electrons. The van der Waals surface area contributed by atoms with Crippen LogP contribution in [0.25, 0.3) is 0 Å². The second-order valence-corrected chi connectivity index (χ2v) is 4.18. The Kier molecular flexibility index (Phi) is 3.83. The van der Waals surface area contributed by atoms with Gasteiger partial charge in [-0.2, -0.15) is 0 Å². The highest BCUT2D eigenvalue weighted by molar-refractivity contribution is 5.21. The molecule has 2 aromatic rings. The third-order valence-electron chi connectivity index (χ3n) is 2.59. The maximum absolute atomic E-state index is 4.34. The maximum Gasteiger partial charge on any atom is 0.125 e. The highest BCUT2D eigenvalue weighted by Gasteiger charge is 1.96. The van der Waals surface area contributed by atoms with Crippen LogP contribution in [0.1, 0.15) is 22.6 Å². The van der Waals surface area contributed by atoms with Crippen molar-refractivity contribution in [3.05, 3.63) is 59.2 Å². The Hall–Kier alpha value is -1.74. The second kappa shape index (κ2) is 5.55. The molecular weight excluding hydrogens is 210 g/mol. The summed E-state index contributed by atoms with van der Waals surface area (Å²) in [5, 5.41) is 3.37. The standard InChI is InChI=1S/C14H17N3/c1-11-3-5-13(6-4-11)9-15-10-14-7-8-16-12(2)17-14/h3-8,15H,9-10H2,1-2H3. The first-order chi connectivity index (χ1) is 8.24. The minimum Gasteiger partial charge on any atom is -0.307 e. The first-order valence-electron chi connectivity index (χ1n) is 5.79. The van der Waals surface area contributed by atoms with Crippen LogP contribution >= 0.6 is 0 Å². The fraction of sp³-hybridized carbons (Fsp3) is 0.286. The van der Waals surface area contributed by atoms with Crippen molar-refractivity contribution in [1.29, 1.82) is 0 Å². The summed E-state index contributed by atoms with van der Waals surface area (Å²) >= 11 is 0. The maximum atomic E-state index is 4.34. The van der Waals surface area contributed by atoms with Crippen LogP contribution in [0.4, 0.5) is 0 Å². The molecule has 0 bridgehead atoms. The van der Waals surface area contributed by atoms with Crippen LogP contribution in [0.15, 0.2) is 36.5 Å². The van der Waals surface area contributed by atoms with Gasteiger partial charge in [-0.05, 0) is 25.5 Å². The molecule has 0 fully saturated rings. The summed E-state index contributed by atoms with van der Waals surface area (Å²) in [6, 6.07) is 10.5. The lowest BCUT2D eigenvalue weighted by Crippen LogP contribution is -2.14. The van der Waals surface area contributed by atoms with Crippen molar-refractivity contribution in [2.75, 3.05) is 0 Å². The van der Waals surface area contributed by atoms with Crippen molar-refractivity contribution >= 4 is 0 Å². The molecular formula is C14H17N3. The fourth-order valence-corrected chi connectivity index (χ4v) is 1.64. The lowest BCUT2D eigenvalue weighted by atomic mass is 10.1. The minimum absolute atomic E-state index is 0.775. The van der Waals surface area contributed by atoms with Gasteiger partial charge >= 0.3 is 0 Å². The van der Waals surface area contributed by atoms with Gasteiger partial charge in [-0.1, -0.05) is 29.8 Å².